The lowest BCUT2D eigenvalue weighted by Gasteiger charge is -2.13. The first kappa shape index (κ1) is 22.3. The lowest BCUT2D eigenvalue weighted by atomic mass is 10.1. The summed E-state index contributed by atoms with van der Waals surface area (Å²) in [5, 5.41) is 8.51. The molecule has 7 nitrogen and oxygen atoms in total. The summed E-state index contributed by atoms with van der Waals surface area (Å²) in [6, 6.07) is 10.1. The lowest BCUT2D eigenvalue weighted by Crippen LogP contribution is -2.24. The monoisotopic (exact) mass is 504 g/mol. The van der Waals surface area contributed by atoms with Crippen LogP contribution in [0.2, 0.25) is 0 Å². The molecule has 188 valence electrons. The minimum absolute atomic E-state index is 0.0791. The first-order valence-corrected chi connectivity index (χ1v) is 12.4. The van der Waals surface area contributed by atoms with Crippen molar-refractivity contribution in [1.82, 2.24) is 29.1 Å². The molecular formula is C27H23F3N6O. The number of alkyl halides is 3. The fraction of sp³-hybridized carbons (Fsp3) is 0.333. The summed E-state index contributed by atoms with van der Waals surface area (Å²) in [4.78, 5) is 18.6. The van der Waals surface area contributed by atoms with E-state index in [1.165, 1.54) is 23.9 Å². The molecule has 2 fully saturated rings. The zero-order valence-electron chi connectivity index (χ0n) is 20.0. The zero-order chi connectivity index (χ0) is 25.5. The molecule has 1 aromatic carbocycles. The van der Waals surface area contributed by atoms with Crippen molar-refractivity contribution in [3.8, 4) is 16.8 Å². The van der Waals surface area contributed by atoms with Gasteiger partial charge in [-0.15, -0.1) is 0 Å². The lowest BCUT2D eigenvalue weighted by molar-refractivity contribution is -0.142. The van der Waals surface area contributed by atoms with Crippen LogP contribution in [0.1, 0.15) is 43.0 Å². The minimum Gasteiger partial charge on any atom is -0.345 e. The molecule has 7 rings (SSSR count). The van der Waals surface area contributed by atoms with Crippen molar-refractivity contribution in [1.29, 1.82) is 0 Å². The molecule has 2 aliphatic rings. The third-order valence-corrected chi connectivity index (χ3v) is 7.35. The quantitative estimate of drug-likeness (QED) is 0.320. The van der Waals surface area contributed by atoms with Gasteiger partial charge in [-0.2, -0.15) is 28.1 Å². The molecule has 0 radical (unpaired) electrons. The number of aromatic nitrogens is 6. The summed E-state index contributed by atoms with van der Waals surface area (Å²) >= 11 is 0. The predicted molar refractivity (Wildman–Crippen MR) is 133 cm³/mol. The van der Waals surface area contributed by atoms with Gasteiger partial charge in [0.15, 0.2) is 0 Å². The van der Waals surface area contributed by atoms with Crippen LogP contribution in [-0.4, -0.2) is 29.1 Å². The smallest absolute Gasteiger partial charge is 0.345 e. The van der Waals surface area contributed by atoms with E-state index in [0.29, 0.717) is 28.5 Å². The van der Waals surface area contributed by atoms with Gasteiger partial charge in [0.25, 0.3) is 5.56 Å². The predicted octanol–water partition coefficient (Wildman–Crippen LogP) is 5.44. The molecule has 0 amide bonds. The average Bonchev–Trinajstić information content (AvgIpc) is 3.78. The Morgan fingerprint density at radius 1 is 1.00 bits per heavy atom. The number of hydrogen-bond acceptors (Lipinski definition) is 4. The van der Waals surface area contributed by atoms with E-state index in [1.54, 1.807) is 12.3 Å². The molecule has 0 saturated heterocycles. The van der Waals surface area contributed by atoms with E-state index >= 15 is 0 Å². The molecule has 2 saturated carbocycles. The molecule has 0 atom stereocenters. The van der Waals surface area contributed by atoms with Crippen LogP contribution in [0.4, 0.5) is 13.2 Å². The second kappa shape index (κ2) is 7.77. The number of nitrogens with zero attached hydrogens (tertiary/aromatic N) is 6. The van der Waals surface area contributed by atoms with E-state index < -0.39 is 17.4 Å². The summed E-state index contributed by atoms with van der Waals surface area (Å²) < 4.78 is 45.4. The van der Waals surface area contributed by atoms with Crippen molar-refractivity contribution in [3.05, 3.63) is 70.5 Å². The number of rotatable bonds is 5. The van der Waals surface area contributed by atoms with E-state index in [-0.39, 0.29) is 16.6 Å². The third kappa shape index (κ3) is 3.73. The maximum Gasteiger partial charge on any atom is 0.433 e. The van der Waals surface area contributed by atoms with Crippen LogP contribution in [0.3, 0.4) is 0 Å². The molecule has 2 aliphatic carbocycles. The number of pyridine rings is 1. The SMILES string of the molecule is Cn1nc2ccc(-n3nc4ccn(CC5CC5)c4c(-c4ccc(C5CC5)nc4)c3=O)cc2c1C(F)(F)F. The number of aryl methyl sites for hydroxylation is 1. The summed E-state index contributed by atoms with van der Waals surface area (Å²) in [6.07, 6.45) is 3.63. The molecule has 0 N–H and O–H groups in total. The molecular weight excluding hydrogens is 481 g/mol. The Labute approximate surface area is 209 Å². The molecule has 0 spiro atoms. The van der Waals surface area contributed by atoms with Gasteiger partial charge < -0.3 is 4.57 Å². The van der Waals surface area contributed by atoms with E-state index in [4.69, 9.17) is 0 Å². The topological polar surface area (TPSA) is 70.5 Å². The van der Waals surface area contributed by atoms with Gasteiger partial charge in [-0.05, 0) is 61.9 Å². The Kier molecular flexibility index (Phi) is 4.68. The Hall–Kier alpha value is -3.95. The normalized spacial score (nSPS) is 16.2. The van der Waals surface area contributed by atoms with E-state index in [0.717, 1.165) is 48.1 Å². The average molecular weight is 505 g/mol. The highest BCUT2D eigenvalue weighted by Crippen LogP contribution is 2.40. The first-order chi connectivity index (χ1) is 17.8. The Balaban J connectivity index is 1.45. The highest BCUT2D eigenvalue weighted by Gasteiger charge is 2.37. The van der Waals surface area contributed by atoms with Gasteiger partial charge in [-0.1, -0.05) is 6.07 Å². The van der Waals surface area contributed by atoms with Crippen LogP contribution in [0.15, 0.2) is 53.6 Å². The second-order valence-corrected chi connectivity index (χ2v) is 10.2. The van der Waals surface area contributed by atoms with Crippen LogP contribution < -0.4 is 5.56 Å². The maximum absolute atomic E-state index is 14.0. The number of halogens is 3. The van der Waals surface area contributed by atoms with E-state index in [9.17, 15) is 18.0 Å². The summed E-state index contributed by atoms with van der Waals surface area (Å²) in [7, 11) is 1.26. The van der Waals surface area contributed by atoms with Crippen LogP contribution >= 0.6 is 0 Å². The van der Waals surface area contributed by atoms with E-state index in [2.05, 4.69) is 19.7 Å². The molecule has 37 heavy (non-hydrogen) atoms. The summed E-state index contributed by atoms with van der Waals surface area (Å²) in [5.41, 5.74) is 2.65. The van der Waals surface area contributed by atoms with Crippen molar-refractivity contribution < 1.29 is 13.2 Å². The Morgan fingerprint density at radius 3 is 2.49 bits per heavy atom. The molecule has 4 aromatic heterocycles. The van der Waals surface area contributed by atoms with Gasteiger partial charge in [-0.3, -0.25) is 14.5 Å². The van der Waals surface area contributed by atoms with Gasteiger partial charge in [-0.25, -0.2) is 0 Å². The van der Waals surface area contributed by atoms with Gasteiger partial charge in [0, 0.05) is 48.5 Å². The number of fused-ring (bicyclic) bond motifs is 2. The highest BCUT2D eigenvalue weighted by atomic mass is 19.4. The fourth-order valence-electron chi connectivity index (χ4n) is 5.17. The third-order valence-electron chi connectivity index (χ3n) is 7.35. The van der Waals surface area contributed by atoms with Crippen LogP contribution in [0.5, 0.6) is 0 Å². The second-order valence-electron chi connectivity index (χ2n) is 10.2. The van der Waals surface area contributed by atoms with Gasteiger partial charge in [0.05, 0.1) is 22.3 Å². The van der Waals surface area contributed by atoms with Crippen LogP contribution in [0.25, 0.3) is 38.8 Å². The fourth-order valence-corrected chi connectivity index (χ4v) is 5.17. The zero-order valence-corrected chi connectivity index (χ0v) is 20.0. The summed E-state index contributed by atoms with van der Waals surface area (Å²) in [6.45, 7) is 0.797. The van der Waals surface area contributed by atoms with Crippen molar-refractivity contribution in [2.24, 2.45) is 13.0 Å². The van der Waals surface area contributed by atoms with Crippen molar-refractivity contribution >= 4 is 21.9 Å². The standard InChI is InChI=1S/C27H23F3N6O/c1-34-25(27(28,29)30)19-12-18(7-9-21(19)32-34)36-26(37)23(17-6-8-20(31-13-17)16-4-5-16)24-22(33-36)10-11-35(24)14-15-2-3-15/h6-13,15-16H,2-5,14H2,1H3. The van der Waals surface area contributed by atoms with E-state index in [1.807, 2.05) is 24.4 Å². The van der Waals surface area contributed by atoms with Crippen LogP contribution in [-0.2, 0) is 19.8 Å². The molecule has 0 bridgehead atoms. The molecule has 0 unspecified atom stereocenters. The van der Waals surface area contributed by atoms with Crippen molar-refractivity contribution in [2.45, 2.75) is 44.3 Å². The molecule has 0 aliphatic heterocycles. The first-order valence-electron chi connectivity index (χ1n) is 12.4. The largest absolute Gasteiger partial charge is 0.433 e. The van der Waals surface area contributed by atoms with Gasteiger partial charge in [0.1, 0.15) is 11.2 Å². The highest BCUT2D eigenvalue weighted by molar-refractivity contribution is 5.92. The molecule has 10 heteroatoms. The molecule has 5 aromatic rings. The Bertz CT molecular complexity index is 1740. The molecule has 4 heterocycles. The number of benzene rings is 1. The van der Waals surface area contributed by atoms with Gasteiger partial charge in [0.2, 0.25) is 0 Å². The summed E-state index contributed by atoms with van der Waals surface area (Å²) in [5.74, 6) is 1.06. The minimum atomic E-state index is -4.59. The Morgan fingerprint density at radius 2 is 1.81 bits per heavy atom. The number of hydrogen-bond donors (Lipinski definition) is 0. The van der Waals surface area contributed by atoms with Crippen molar-refractivity contribution in [3.63, 3.8) is 0 Å². The van der Waals surface area contributed by atoms with Gasteiger partial charge >= 0.3 is 6.18 Å². The van der Waals surface area contributed by atoms with Crippen molar-refractivity contribution in [2.75, 3.05) is 0 Å². The van der Waals surface area contributed by atoms with Crippen LogP contribution in [0, 0.1) is 5.92 Å². The maximum atomic E-state index is 14.0.